The molecule has 4 heteroatoms. The highest BCUT2D eigenvalue weighted by Crippen LogP contribution is 2.36. The summed E-state index contributed by atoms with van der Waals surface area (Å²) in [5.74, 6) is 0.897. The van der Waals surface area contributed by atoms with Crippen molar-refractivity contribution in [3.8, 4) is 11.8 Å². The molecule has 102 valence electrons. The van der Waals surface area contributed by atoms with Gasteiger partial charge in [0.05, 0.1) is 24.7 Å². The fourth-order valence-corrected chi connectivity index (χ4v) is 2.22. The van der Waals surface area contributed by atoms with Crippen molar-refractivity contribution in [1.29, 1.82) is 5.26 Å². The zero-order valence-electron chi connectivity index (χ0n) is 11.2. The minimum Gasteiger partial charge on any atom is -0.492 e. The zero-order valence-corrected chi connectivity index (χ0v) is 11.2. The number of fused-ring (bicyclic) bond motifs is 1. The zero-order chi connectivity index (χ0) is 13.6. The second-order valence-corrected chi connectivity index (χ2v) is 4.82. The van der Waals surface area contributed by atoms with Gasteiger partial charge in [-0.15, -0.1) is 0 Å². The van der Waals surface area contributed by atoms with Crippen molar-refractivity contribution in [1.82, 2.24) is 0 Å². The quantitative estimate of drug-likeness (QED) is 0.736. The molecule has 0 bridgehead atoms. The summed E-state index contributed by atoms with van der Waals surface area (Å²) in [6.07, 6.45) is 1.41. The van der Waals surface area contributed by atoms with Crippen LogP contribution in [0.25, 0.3) is 0 Å². The van der Waals surface area contributed by atoms with Crippen LogP contribution in [0, 0.1) is 16.7 Å². The molecule has 1 aromatic rings. The maximum absolute atomic E-state index is 9.46. The van der Waals surface area contributed by atoms with Gasteiger partial charge in [0.15, 0.2) is 0 Å². The van der Waals surface area contributed by atoms with Crippen LogP contribution in [0.4, 0.5) is 0 Å². The maximum atomic E-state index is 9.46. The summed E-state index contributed by atoms with van der Waals surface area (Å²) >= 11 is 0. The normalized spacial score (nSPS) is 21.3. The van der Waals surface area contributed by atoms with E-state index < -0.39 is 5.41 Å². The van der Waals surface area contributed by atoms with E-state index in [0.717, 1.165) is 17.7 Å². The third kappa shape index (κ3) is 3.46. The van der Waals surface area contributed by atoms with Crippen LogP contribution in [0.15, 0.2) is 24.3 Å². The summed E-state index contributed by atoms with van der Waals surface area (Å²) in [6.45, 7) is 2.14. The van der Waals surface area contributed by atoms with Crippen molar-refractivity contribution in [2.75, 3.05) is 33.5 Å². The molecule has 1 aliphatic rings. The lowest BCUT2D eigenvalue weighted by Crippen LogP contribution is -2.34. The van der Waals surface area contributed by atoms with E-state index in [4.69, 9.17) is 14.2 Å². The fourth-order valence-electron chi connectivity index (χ4n) is 2.22. The van der Waals surface area contributed by atoms with Crippen LogP contribution in [0.5, 0.6) is 5.75 Å². The first-order valence-electron chi connectivity index (χ1n) is 6.48. The van der Waals surface area contributed by atoms with Gasteiger partial charge in [0.2, 0.25) is 0 Å². The van der Waals surface area contributed by atoms with Gasteiger partial charge in [0.1, 0.15) is 12.4 Å². The fraction of sp³-hybridized carbons (Fsp3) is 0.533. The molecule has 1 atom stereocenters. The van der Waals surface area contributed by atoms with Crippen LogP contribution in [0.2, 0.25) is 0 Å². The number of hydrogen-bond acceptors (Lipinski definition) is 4. The van der Waals surface area contributed by atoms with Gasteiger partial charge in [-0.25, -0.2) is 0 Å². The Kier molecular flexibility index (Phi) is 4.78. The number of benzene rings is 1. The summed E-state index contributed by atoms with van der Waals surface area (Å²) in [5.41, 5.74) is 0.633. The van der Waals surface area contributed by atoms with Gasteiger partial charge in [-0.3, -0.25) is 0 Å². The second kappa shape index (κ2) is 6.55. The molecular formula is C15H19NO3. The van der Waals surface area contributed by atoms with Crippen LogP contribution in [-0.2, 0) is 15.9 Å². The molecule has 0 aromatic heterocycles. The molecule has 0 aliphatic carbocycles. The molecule has 0 saturated heterocycles. The Morgan fingerprint density at radius 3 is 2.95 bits per heavy atom. The van der Waals surface area contributed by atoms with E-state index in [1.165, 1.54) is 0 Å². The number of para-hydroxylation sites is 1. The summed E-state index contributed by atoms with van der Waals surface area (Å²) in [5, 5.41) is 9.46. The van der Waals surface area contributed by atoms with Crippen molar-refractivity contribution in [2.24, 2.45) is 5.41 Å². The van der Waals surface area contributed by atoms with Gasteiger partial charge >= 0.3 is 0 Å². The lowest BCUT2D eigenvalue weighted by molar-refractivity contribution is 0.0476. The smallest absolute Gasteiger partial charge is 0.122 e. The molecule has 1 heterocycles. The van der Waals surface area contributed by atoms with Crippen molar-refractivity contribution >= 4 is 0 Å². The summed E-state index contributed by atoms with van der Waals surface area (Å²) in [4.78, 5) is 0. The molecule has 0 radical (unpaired) electrons. The molecule has 0 amide bonds. The van der Waals surface area contributed by atoms with Crippen LogP contribution in [-0.4, -0.2) is 33.5 Å². The Labute approximate surface area is 113 Å². The van der Waals surface area contributed by atoms with Gasteiger partial charge in [0, 0.05) is 13.7 Å². The van der Waals surface area contributed by atoms with E-state index in [2.05, 4.69) is 6.07 Å². The predicted octanol–water partition coefficient (Wildman–Crippen LogP) is 2.18. The second-order valence-electron chi connectivity index (χ2n) is 4.82. The van der Waals surface area contributed by atoms with E-state index in [9.17, 15) is 5.26 Å². The van der Waals surface area contributed by atoms with Gasteiger partial charge in [0.25, 0.3) is 0 Å². The summed E-state index contributed by atoms with van der Waals surface area (Å²) in [7, 11) is 1.64. The first-order valence-corrected chi connectivity index (χ1v) is 6.48. The van der Waals surface area contributed by atoms with Crippen molar-refractivity contribution in [2.45, 2.75) is 12.8 Å². The van der Waals surface area contributed by atoms with Crippen LogP contribution < -0.4 is 4.74 Å². The molecular weight excluding hydrogens is 242 g/mol. The Balaban J connectivity index is 1.92. The number of methoxy groups -OCH3 is 1. The molecule has 1 unspecified atom stereocenters. The highest BCUT2D eigenvalue weighted by molar-refractivity contribution is 5.37. The van der Waals surface area contributed by atoms with Gasteiger partial charge in [-0.2, -0.15) is 5.26 Å². The highest BCUT2D eigenvalue weighted by atomic mass is 16.5. The number of nitrogens with zero attached hydrogens (tertiary/aromatic N) is 1. The van der Waals surface area contributed by atoms with Gasteiger partial charge < -0.3 is 14.2 Å². The maximum Gasteiger partial charge on any atom is 0.122 e. The van der Waals surface area contributed by atoms with Gasteiger partial charge in [-0.1, -0.05) is 18.2 Å². The Morgan fingerprint density at radius 1 is 1.32 bits per heavy atom. The minimum atomic E-state index is -0.471. The number of nitriles is 1. The first-order chi connectivity index (χ1) is 9.29. The number of ether oxygens (including phenoxy) is 3. The van der Waals surface area contributed by atoms with E-state index >= 15 is 0 Å². The molecule has 19 heavy (non-hydrogen) atoms. The number of hydrogen-bond donors (Lipinski definition) is 0. The Bertz CT molecular complexity index is 455. The third-order valence-corrected chi connectivity index (χ3v) is 3.40. The third-order valence-electron chi connectivity index (χ3n) is 3.40. The average Bonchev–Trinajstić information content (AvgIpc) is 2.47. The van der Waals surface area contributed by atoms with Gasteiger partial charge in [-0.05, 0) is 24.5 Å². The van der Waals surface area contributed by atoms with E-state index in [-0.39, 0.29) is 0 Å². The summed E-state index contributed by atoms with van der Waals surface area (Å²) < 4.78 is 16.1. The van der Waals surface area contributed by atoms with Crippen molar-refractivity contribution < 1.29 is 14.2 Å². The molecule has 0 fully saturated rings. The van der Waals surface area contributed by atoms with E-state index in [1.807, 2.05) is 24.3 Å². The minimum absolute atomic E-state index is 0.439. The van der Waals surface area contributed by atoms with E-state index in [1.54, 1.807) is 7.11 Å². The SMILES string of the molecule is COCCOCCC1(C#N)COc2ccccc2C1. The lowest BCUT2D eigenvalue weighted by atomic mass is 9.79. The number of rotatable bonds is 6. The largest absolute Gasteiger partial charge is 0.492 e. The molecule has 1 aliphatic heterocycles. The highest BCUT2D eigenvalue weighted by Gasteiger charge is 2.35. The molecule has 2 rings (SSSR count). The van der Waals surface area contributed by atoms with Crippen LogP contribution >= 0.6 is 0 Å². The van der Waals surface area contributed by atoms with Crippen molar-refractivity contribution in [3.05, 3.63) is 29.8 Å². The summed E-state index contributed by atoms with van der Waals surface area (Å²) in [6, 6.07) is 10.3. The molecule has 0 N–H and O–H groups in total. The monoisotopic (exact) mass is 261 g/mol. The average molecular weight is 261 g/mol. The molecule has 4 nitrogen and oxygen atoms in total. The molecule has 0 saturated carbocycles. The van der Waals surface area contributed by atoms with Crippen LogP contribution in [0.3, 0.4) is 0 Å². The Morgan fingerprint density at radius 2 is 2.16 bits per heavy atom. The topological polar surface area (TPSA) is 51.5 Å². The predicted molar refractivity (Wildman–Crippen MR) is 71.0 cm³/mol. The first kappa shape index (κ1) is 13.9. The Hall–Kier alpha value is -1.57. The standard InChI is InChI=1S/C15H19NO3/c1-17-8-9-18-7-6-15(11-16)10-13-4-2-3-5-14(13)19-12-15/h2-5H,6-10,12H2,1H3. The molecule has 1 aromatic carbocycles. The van der Waals surface area contributed by atoms with Crippen molar-refractivity contribution in [3.63, 3.8) is 0 Å². The lowest BCUT2D eigenvalue weighted by Gasteiger charge is -2.32. The van der Waals surface area contributed by atoms with E-state index in [0.29, 0.717) is 32.8 Å². The van der Waals surface area contributed by atoms with Crippen LogP contribution in [0.1, 0.15) is 12.0 Å². The molecule has 0 spiro atoms.